The summed E-state index contributed by atoms with van der Waals surface area (Å²) in [6.07, 6.45) is 11.2. The van der Waals surface area contributed by atoms with E-state index >= 15 is 4.79 Å². The summed E-state index contributed by atoms with van der Waals surface area (Å²) in [7, 11) is 1.71. The maximum absolute atomic E-state index is 15.1. The van der Waals surface area contributed by atoms with Crippen molar-refractivity contribution in [1.29, 1.82) is 0 Å². The van der Waals surface area contributed by atoms with Crippen LogP contribution in [0.5, 0.6) is 0 Å². The van der Waals surface area contributed by atoms with Gasteiger partial charge in [0.25, 0.3) is 5.91 Å². The summed E-state index contributed by atoms with van der Waals surface area (Å²) in [5, 5.41) is 0. The Hall–Kier alpha value is -3.84. The summed E-state index contributed by atoms with van der Waals surface area (Å²) < 4.78 is 5.75. The van der Waals surface area contributed by atoms with Crippen LogP contribution in [0.2, 0.25) is 0 Å². The van der Waals surface area contributed by atoms with E-state index in [0.717, 1.165) is 73.8 Å². The number of methoxy groups -OCH3 is 1. The lowest BCUT2D eigenvalue weighted by molar-refractivity contribution is -0.127. The molecule has 6 rings (SSSR count). The number of ether oxygens (including phenoxy) is 1. The van der Waals surface area contributed by atoms with Crippen molar-refractivity contribution in [3.05, 3.63) is 95.9 Å². The van der Waals surface area contributed by atoms with Gasteiger partial charge in [0.15, 0.2) is 0 Å². The lowest BCUT2D eigenvalue weighted by Gasteiger charge is -2.38. The highest BCUT2D eigenvalue weighted by Crippen LogP contribution is 2.53. The van der Waals surface area contributed by atoms with E-state index in [4.69, 9.17) is 4.74 Å². The Balaban J connectivity index is 1.42. The summed E-state index contributed by atoms with van der Waals surface area (Å²) in [5.74, 6) is 1.05. The highest BCUT2D eigenvalue weighted by atomic mass is 16.5. The number of benzene rings is 2. The van der Waals surface area contributed by atoms with E-state index in [1.807, 2.05) is 52.3 Å². The molecule has 2 unspecified atom stereocenters. The number of hydrogen-bond donors (Lipinski definition) is 0. The Morgan fingerprint density at radius 3 is 2.35 bits per heavy atom. The van der Waals surface area contributed by atoms with Crippen molar-refractivity contribution >= 4 is 23.1 Å². The van der Waals surface area contributed by atoms with Crippen LogP contribution in [0.1, 0.15) is 44.6 Å². The number of carbonyl (C=O) groups is 2. The van der Waals surface area contributed by atoms with Crippen LogP contribution in [0.15, 0.2) is 90.3 Å². The van der Waals surface area contributed by atoms with E-state index in [9.17, 15) is 4.79 Å². The lowest BCUT2D eigenvalue weighted by Crippen LogP contribution is -2.46. The predicted molar refractivity (Wildman–Crippen MR) is 171 cm³/mol. The smallest absolute Gasteiger partial charge is 0.274 e. The van der Waals surface area contributed by atoms with Gasteiger partial charge < -0.3 is 24.3 Å². The molecule has 2 saturated heterocycles. The monoisotopic (exact) mass is 580 g/mol. The van der Waals surface area contributed by atoms with Crippen LogP contribution in [-0.2, 0) is 14.3 Å². The second kappa shape index (κ2) is 12.8. The van der Waals surface area contributed by atoms with Crippen molar-refractivity contribution in [2.24, 2.45) is 5.41 Å². The van der Waals surface area contributed by atoms with Gasteiger partial charge in [0.05, 0.1) is 13.2 Å². The van der Waals surface area contributed by atoms with Crippen LogP contribution < -0.4 is 4.90 Å². The van der Waals surface area contributed by atoms with Crippen LogP contribution in [0.25, 0.3) is 5.57 Å². The normalized spacial score (nSPS) is 23.6. The number of anilines is 1. The van der Waals surface area contributed by atoms with E-state index in [1.54, 1.807) is 7.11 Å². The van der Waals surface area contributed by atoms with Gasteiger partial charge in [-0.25, -0.2) is 0 Å². The average Bonchev–Trinajstić information content (AvgIpc) is 3.76. The molecule has 3 heterocycles. The molecule has 7 heteroatoms. The van der Waals surface area contributed by atoms with Crippen molar-refractivity contribution < 1.29 is 14.3 Å². The second-order valence-corrected chi connectivity index (χ2v) is 12.3. The molecule has 2 aromatic carbocycles. The SMILES string of the molecule is COC1=CC2(C)C(c3ccccc3)=C(C(=O)N(CCCN3CCCC3=O)c3ccccc3)N(CCN3CCCC3)C2C=C1. The van der Waals surface area contributed by atoms with Crippen LogP contribution in [-0.4, -0.2) is 85.5 Å². The maximum Gasteiger partial charge on any atom is 0.274 e. The molecule has 226 valence electrons. The molecule has 2 fully saturated rings. The molecule has 2 amide bonds. The molecule has 7 nitrogen and oxygen atoms in total. The van der Waals surface area contributed by atoms with Crippen molar-refractivity contribution in [2.45, 2.75) is 45.1 Å². The molecule has 0 N–H and O–H groups in total. The first-order valence-corrected chi connectivity index (χ1v) is 15.9. The Kier molecular flexibility index (Phi) is 8.70. The first-order valence-electron chi connectivity index (χ1n) is 15.9. The van der Waals surface area contributed by atoms with Crippen LogP contribution in [0.3, 0.4) is 0 Å². The van der Waals surface area contributed by atoms with Crippen LogP contribution >= 0.6 is 0 Å². The number of likely N-dealkylation sites (tertiary alicyclic amines) is 2. The van der Waals surface area contributed by atoms with E-state index in [1.165, 1.54) is 12.8 Å². The molecule has 2 atom stereocenters. The minimum Gasteiger partial charge on any atom is -0.497 e. The summed E-state index contributed by atoms with van der Waals surface area (Å²) in [5.41, 5.74) is 3.28. The highest BCUT2D eigenvalue weighted by molar-refractivity contribution is 6.12. The van der Waals surface area contributed by atoms with Gasteiger partial charge in [-0.1, -0.05) is 54.6 Å². The molecule has 0 aromatic heterocycles. The topological polar surface area (TPSA) is 56.3 Å². The fourth-order valence-corrected chi connectivity index (χ4v) is 7.36. The third kappa shape index (κ3) is 5.87. The molecule has 3 aliphatic heterocycles. The molecule has 0 spiro atoms. The first-order chi connectivity index (χ1) is 21.0. The van der Waals surface area contributed by atoms with Crippen molar-refractivity contribution in [3.8, 4) is 0 Å². The zero-order chi connectivity index (χ0) is 29.8. The first kappa shape index (κ1) is 29.2. The summed E-state index contributed by atoms with van der Waals surface area (Å²) in [4.78, 5) is 36.2. The number of fused-ring (bicyclic) bond motifs is 1. The quantitative estimate of drug-likeness (QED) is 0.360. The van der Waals surface area contributed by atoms with E-state index in [-0.39, 0.29) is 17.9 Å². The molecule has 4 aliphatic rings. The Morgan fingerprint density at radius 2 is 1.67 bits per heavy atom. The van der Waals surface area contributed by atoms with Gasteiger partial charge in [-0.3, -0.25) is 9.59 Å². The fourth-order valence-electron chi connectivity index (χ4n) is 7.36. The number of rotatable bonds is 11. The van der Waals surface area contributed by atoms with Gasteiger partial charge in [-0.05, 0) is 75.5 Å². The van der Waals surface area contributed by atoms with Gasteiger partial charge in [0.2, 0.25) is 5.91 Å². The second-order valence-electron chi connectivity index (χ2n) is 12.3. The third-order valence-electron chi connectivity index (χ3n) is 9.55. The number of amides is 2. The molecule has 1 aliphatic carbocycles. The summed E-state index contributed by atoms with van der Waals surface area (Å²) in [6, 6.07) is 20.4. The minimum atomic E-state index is -0.457. The van der Waals surface area contributed by atoms with Gasteiger partial charge in [0, 0.05) is 55.8 Å². The zero-order valence-corrected chi connectivity index (χ0v) is 25.6. The minimum absolute atomic E-state index is 0.00983. The molecular weight excluding hydrogens is 536 g/mol. The number of carbonyl (C=O) groups excluding carboxylic acids is 2. The average molecular weight is 581 g/mol. The maximum atomic E-state index is 15.1. The number of para-hydroxylation sites is 1. The Morgan fingerprint density at radius 1 is 0.953 bits per heavy atom. The predicted octanol–water partition coefficient (Wildman–Crippen LogP) is 5.33. The van der Waals surface area contributed by atoms with E-state index in [2.05, 4.69) is 53.1 Å². The van der Waals surface area contributed by atoms with Crippen molar-refractivity contribution in [3.63, 3.8) is 0 Å². The van der Waals surface area contributed by atoms with Gasteiger partial charge >= 0.3 is 0 Å². The highest BCUT2D eigenvalue weighted by Gasteiger charge is 2.51. The molecule has 0 radical (unpaired) electrons. The molecule has 2 aromatic rings. The fraction of sp³-hybridized carbons (Fsp3) is 0.444. The summed E-state index contributed by atoms with van der Waals surface area (Å²) in [6.45, 7) is 8.18. The zero-order valence-electron chi connectivity index (χ0n) is 25.6. The molecule has 0 bridgehead atoms. The van der Waals surface area contributed by atoms with E-state index < -0.39 is 5.41 Å². The number of hydrogen-bond acceptors (Lipinski definition) is 5. The molecule has 0 saturated carbocycles. The Bertz CT molecular complexity index is 1400. The van der Waals surface area contributed by atoms with Gasteiger partial charge in [-0.15, -0.1) is 0 Å². The largest absolute Gasteiger partial charge is 0.497 e. The summed E-state index contributed by atoms with van der Waals surface area (Å²) >= 11 is 0. The van der Waals surface area contributed by atoms with Crippen LogP contribution in [0.4, 0.5) is 5.69 Å². The third-order valence-corrected chi connectivity index (χ3v) is 9.55. The van der Waals surface area contributed by atoms with E-state index in [0.29, 0.717) is 19.5 Å². The van der Waals surface area contributed by atoms with Crippen molar-refractivity contribution in [1.82, 2.24) is 14.7 Å². The number of allylic oxidation sites excluding steroid dienone is 1. The van der Waals surface area contributed by atoms with Crippen LogP contribution in [0, 0.1) is 5.41 Å². The van der Waals surface area contributed by atoms with Gasteiger partial charge in [-0.2, -0.15) is 0 Å². The van der Waals surface area contributed by atoms with Crippen molar-refractivity contribution in [2.75, 3.05) is 57.8 Å². The Labute approximate surface area is 256 Å². The van der Waals surface area contributed by atoms with Gasteiger partial charge in [0.1, 0.15) is 11.5 Å². The standard InChI is InChI=1S/C36H44N4O3/c1-36-27-30(43-2)18-19-31(36)40(26-25-37-20-9-10-21-37)34(33(36)28-13-5-3-6-14-28)35(42)39(29-15-7-4-8-16-29)24-12-23-38-22-11-17-32(38)41/h3-8,13-16,18-19,27,31H,9-12,17,20-26H2,1-2H3. The molecular formula is C36H44N4O3. The lowest BCUT2D eigenvalue weighted by atomic mass is 9.72. The molecule has 43 heavy (non-hydrogen) atoms. The number of nitrogens with zero attached hydrogens (tertiary/aromatic N) is 4.